The minimum absolute atomic E-state index is 0.141. The van der Waals surface area contributed by atoms with Crippen LogP contribution in [0.25, 0.3) is 22.3 Å². The van der Waals surface area contributed by atoms with Crippen molar-refractivity contribution in [3.8, 4) is 28.0 Å². The van der Waals surface area contributed by atoms with E-state index in [0.29, 0.717) is 0 Å². The lowest BCUT2D eigenvalue weighted by Gasteiger charge is -2.13. The highest BCUT2D eigenvalue weighted by molar-refractivity contribution is 9.10. The lowest BCUT2D eigenvalue weighted by Crippen LogP contribution is -1.97. The second-order valence-electron chi connectivity index (χ2n) is 5.22. The van der Waals surface area contributed by atoms with Crippen LogP contribution >= 0.6 is 15.9 Å². The molecule has 0 aromatic heterocycles. The van der Waals surface area contributed by atoms with E-state index in [1.54, 1.807) is 12.1 Å². The monoisotopic (exact) mass is 326 g/mol. The van der Waals surface area contributed by atoms with Gasteiger partial charge in [-0.1, -0.05) is 28.1 Å². The van der Waals surface area contributed by atoms with E-state index < -0.39 is 0 Å². The average Bonchev–Trinajstić information content (AvgIpc) is 3.05. The van der Waals surface area contributed by atoms with E-state index in [1.807, 2.05) is 18.2 Å². The molecule has 0 saturated carbocycles. The number of phenolic OH excluding ortho intramolecular Hbond substituents is 1. The lowest BCUT2D eigenvalue weighted by molar-refractivity contribution is 0.474. The van der Waals surface area contributed by atoms with Crippen molar-refractivity contribution < 1.29 is 5.11 Å². The van der Waals surface area contributed by atoms with Crippen molar-refractivity contribution in [2.45, 2.75) is 12.8 Å². The maximum atomic E-state index is 12.2. The lowest BCUT2D eigenvalue weighted by atomic mass is 9.92. The molecule has 0 atom stereocenters. The Balaban J connectivity index is 1.97. The van der Waals surface area contributed by atoms with Crippen LogP contribution in [-0.2, 0) is 12.8 Å². The molecule has 0 aliphatic heterocycles. The number of rotatable bonds is 0. The molecule has 0 unspecified atom stereocenters. The van der Waals surface area contributed by atoms with Gasteiger partial charge in [0.05, 0.1) is 0 Å². The summed E-state index contributed by atoms with van der Waals surface area (Å²) in [5.74, 6) is 0.258. The Morgan fingerprint density at radius 1 is 0.900 bits per heavy atom. The van der Waals surface area contributed by atoms with Crippen molar-refractivity contribution in [1.29, 1.82) is 0 Å². The van der Waals surface area contributed by atoms with Crippen LogP contribution in [0.3, 0.4) is 0 Å². The second kappa shape index (κ2) is 4.06. The van der Waals surface area contributed by atoms with Crippen LogP contribution in [0, 0.1) is 0 Å². The molecule has 0 spiro atoms. The molecule has 3 aromatic carbocycles. The zero-order chi connectivity index (χ0) is 13.9. The first kappa shape index (κ1) is 11.9. The zero-order valence-electron chi connectivity index (χ0n) is 10.6. The van der Waals surface area contributed by atoms with Crippen LogP contribution in [0.1, 0.15) is 11.1 Å². The highest BCUT2D eigenvalue weighted by atomic mass is 79.9. The standard InChI is InChI=1S/C17H11BrO2/c18-11-3-5-13-9(7-11)1-2-10-8-12(19)4-6-14(10)16-15(13)17(16)20/h3-8,19H,1-2H2. The summed E-state index contributed by atoms with van der Waals surface area (Å²) in [6.45, 7) is 0. The van der Waals surface area contributed by atoms with E-state index in [0.717, 1.165) is 45.1 Å². The summed E-state index contributed by atoms with van der Waals surface area (Å²) in [7, 11) is 0. The third-order valence-corrected chi connectivity index (χ3v) is 4.49. The average molecular weight is 327 g/mol. The van der Waals surface area contributed by atoms with Crippen LogP contribution < -0.4 is 5.43 Å². The van der Waals surface area contributed by atoms with Gasteiger partial charge in [-0.05, 0) is 59.4 Å². The molecule has 1 N–H and O–H groups in total. The number of aryl methyl sites for hydroxylation is 2. The summed E-state index contributed by atoms with van der Waals surface area (Å²) >= 11 is 3.49. The van der Waals surface area contributed by atoms with E-state index in [2.05, 4.69) is 22.0 Å². The van der Waals surface area contributed by atoms with Crippen molar-refractivity contribution in [1.82, 2.24) is 0 Å². The summed E-state index contributed by atoms with van der Waals surface area (Å²) in [6.07, 6.45) is 1.70. The zero-order valence-corrected chi connectivity index (χ0v) is 12.2. The molecule has 1 aliphatic carbocycles. The molecule has 0 heterocycles. The molecule has 1 aliphatic rings. The SMILES string of the molecule is O=c1c2c1-c1ccc(Br)cc1CCc1cc(O)ccc1-2. The number of phenols is 1. The van der Waals surface area contributed by atoms with E-state index in [9.17, 15) is 9.90 Å². The first-order valence-electron chi connectivity index (χ1n) is 6.55. The Hall–Kier alpha value is -1.87. The topological polar surface area (TPSA) is 37.3 Å². The molecule has 3 aromatic rings. The van der Waals surface area contributed by atoms with Crippen molar-refractivity contribution in [3.05, 3.63) is 62.2 Å². The van der Waals surface area contributed by atoms with Crippen LogP contribution in [0.15, 0.2) is 45.7 Å². The quantitative estimate of drug-likeness (QED) is 0.681. The van der Waals surface area contributed by atoms with Gasteiger partial charge in [0.1, 0.15) is 5.75 Å². The van der Waals surface area contributed by atoms with E-state index in [4.69, 9.17) is 0 Å². The van der Waals surface area contributed by atoms with Gasteiger partial charge >= 0.3 is 0 Å². The third kappa shape index (κ3) is 1.66. The van der Waals surface area contributed by atoms with Gasteiger partial charge in [-0.15, -0.1) is 0 Å². The fourth-order valence-electron chi connectivity index (χ4n) is 3.00. The fourth-order valence-corrected chi connectivity index (χ4v) is 3.41. The summed E-state index contributed by atoms with van der Waals surface area (Å²) < 4.78 is 1.03. The maximum Gasteiger partial charge on any atom is 0.195 e. The first-order valence-corrected chi connectivity index (χ1v) is 7.34. The van der Waals surface area contributed by atoms with Crippen LogP contribution in [-0.4, -0.2) is 5.11 Å². The van der Waals surface area contributed by atoms with Crippen molar-refractivity contribution in [3.63, 3.8) is 0 Å². The van der Waals surface area contributed by atoms with Gasteiger partial charge < -0.3 is 5.11 Å². The molecule has 4 rings (SSSR count). The van der Waals surface area contributed by atoms with E-state index >= 15 is 0 Å². The number of halogens is 1. The molecule has 98 valence electrons. The van der Waals surface area contributed by atoms with Gasteiger partial charge in [0.25, 0.3) is 0 Å². The fraction of sp³-hybridized carbons (Fsp3) is 0.118. The van der Waals surface area contributed by atoms with E-state index in [-0.39, 0.29) is 11.2 Å². The Morgan fingerprint density at radius 2 is 1.50 bits per heavy atom. The Morgan fingerprint density at radius 3 is 2.20 bits per heavy atom. The van der Waals surface area contributed by atoms with Gasteiger partial charge in [0.2, 0.25) is 0 Å². The molecule has 3 heteroatoms. The maximum absolute atomic E-state index is 12.2. The number of benzene rings is 2. The van der Waals surface area contributed by atoms with Crippen molar-refractivity contribution in [2.75, 3.05) is 0 Å². The van der Waals surface area contributed by atoms with Gasteiger partial charge in [-0.25, -0.2) is 0 Å². The number of hydrogen-bond donors (Lipinski definition) is 1. The molecule has 0 radical (unpaired) electrons. The normalized spacial score (nSPS) is 13.2. The number of aromatic hydroxyl groups is 1. The van der Waals surface area contributed by atoms with Crippen molar-refractivity contribution in [2.24, 2.45) is 0 Å². The number of fused-ring (bicyclic) bond motifs is 5. The summed E-state index contributed by atoms with van der Waals surface area (Å²) in [5, 5.41) is 9.65. The molecular weight excluding hydrogens is 316 g/mol. The summed E-state index contributed by atoms with van der Waals surface area (Å²) in [6, 6.07) is 11.4. The predicted octanol–water partition coefficient (Wildman–Crippen LogP) is 3.82. The van der Waals surface area contributed by atoms with Gasteiger partial charge in [-0.3, -0.25) is 4.79 Å². The van der Waals surface area contributed by atoms with E-state index in [1.165, 1.54) is 5.56 Å². The third-order valence-electron chi connectivity index (χ3n) is 4.00. The highest BCUT2D eigenvalue weighted by Gasteiger charge is 2.30. The van der Waals surface area contributed by atoms with Crippen LogP contribution in [0.4, 0.5) is 0 Å². The molecule has 0 saturated heterocycles. The Labute approximate surface area is 124 Å². The minimum Gasteiger partial charge on any atom is -0.508 e. The largest absolute Gasteiger partial charge is 0.508 e. The van der Waals surface area contributed by atoms with Crippen molar-refractivity contribution >= 4 is 15.9 Å². The molecule has 0 bridgehead atoms. The summed E-state index contributed by atoms with van der Waals surface area (Å²) in [4.78, 5) is 12.2. The molecule has 2 nitrogen and oxygen atoms in total. The van der Waals surface area contributed by atoms with Crippen LogP contribution in [0.2, 0.25) is 0 Å². The smallest absolute Gasteiger partial charge is 0.195 e. The Kier molecular flexibility index (Phi) is 2.42. The van der Waals surface area contributed by atoms with Gasteiger partial charge in [-0.2, -0.15) is 0 Å². The summed E-state index contributed by atoms with van der Waals surface area (Å²) in [5.41, 5.74) is 6.09. The molecular formula is C17H11BrO2. The molecule has 20 heavy (non-hydrogen) atoms. The second-order valence-corrected chi connectivity index (χ2v) is 6.14. The number of hydrogen-bond acceptors (Lipinski definition) is 2. The Bertz CT molecular complexity index is 785. The highest BCUT2D eigenvalue weighted by Crippen LogP contribution is 2.42. The van der Waals surface area contributed by atoms with Crippen LogP contribution in [0.5, 0.6) is 5.75 Å². The minimum atomic E-state index is 0.141. The van der Waals surface area contributed by atoms with Gasteiger partial charge in [0, 0.05) is 15.6 Å². The molecule has 0 amide bonds. The predicted molar refractivity (Wildman–Crippen MR) is 82.7 cm³/mol. The van der Waals surface area contributed by atoms with Gasteiger partial charge in [0.15, 0.2) is 5.43 Å². The first-order chi connectivity index (χ1) is 9.65. The molecule has 0 fully saturated rings.